The van der Waals surface area contributed by atoms with E-state index in [-0.39, 0.29) is 0 Å². The lowest BCUT2D eigenvalue weighted by atomic mass is 9.65. The molecule has 0 aliphatic heterocycles. The summed E-state index contributed by atoms with van der Waals surface area (Å²) in [6.07, 6.45) is 0. The molecule has 0 aromatic heterocycles. The van der Waals surface area contributed by atoms with Gasteiger partial charge in [-0.15, -0.1) is 0 Å². The van der Waals surface area contributed by atoms with E-state index in [9.17, 15) is 0 Å². The second-order valence-electron chi connectivity index (χ2n) is 16.4. The van der Waals surface area contributed by atoms with E-state index in [1.165, 1.54) is 89.0 Å². The first-order chi connectivity index (χ1) is 30.8. The summed E-state index contributed by atoms with van der Waals surface area (Å²) in [4.78, 5) is 2.36. The van der Waals surface area contributed by atoms with Gasteiger partial charge in [0, 0.05) is 17.1 Å². The molecular formula is C61H41N. The van der Waals surface area contributed by atoms with Crippen molar-refractivity contribution in [3.8, 4) is 66.8 Å². The van der Waals surface area contributed by atoms with Gasteiger partial charge in [-0.2, -0.15) is 0 Å². The van der Waals surface area contributed by atoms with Gasteiger partial charge in [0.25, 0.3) is 0 Å². The molecule has 62 heavy (non-hydrogen) atoms. The van der Waals surface area contributed by atoms with Crippen LogP contribution in [0, 0.1) is 0 Å². The number of anilines is 3. The van der Waals surface area contributed by atoms with E-state index in [1.807, 2.05) is 0 Å². The molecular weight excluding hydrogens is 747 g/mol. The largest absolute Gasteiger partial charge is 0.311 e. The molecule has 1 nitrogen and oxygen atoms in total. The average Bonchev–Trinajstić information content (AvgIpc) is 3.59. The third-order valence-electron chi connectivity index (χ3n) is 13.1. The Morgan fingerprint density at radius 2 is 0.500 bits per heavy atom. The number of rotatable bonds is 6. The highest BCUT2D eigenvalue weighted by atomic mass is 15.1. The molecule has 10 aromatic rings. The summed E-state index contributed by atoms with van der Waals surface area (Å²) in [6.45, 7) is 0. The first kappa shape index (κ1) is 35.9. The molecule has 0 heterocycles. The summed E-state index contributed by atoms with van der Waals surface area (Å²) in [5, 5.41) is 0. The normalized spacial score (nSPS) is 12.6. The lowest BCUT2D eigenvalue weighted by molar-refractivity contribution is 0.775. The van der Waals surface area contributed by atoms with Crippen molar-refractivity contribution in [3.63, 3.8) is 0 Å². The van der Waals surface area contributed by atoms with E-state index in [0.29, 0.717) is 0 Å². The summed E-state index contributed by atoms with van der Waals surface area (Å²) in [7, 11) is 0. The van der Waals surface area contributed by atoms with Crippen LogP contribution >= 0.6 is 0 Å². The van der Waals surface area contributed by atoms with Crippen LogP contribution in [-0.2, 0) is 5.41 Å². The Bertz CT molecular complexity index is 3100. The van der Waals surface area contributed by atoms with Crippen molar-refractivity contribution in [1.29, 1.82) is 0 Å². The van der Waals surface area contributed by atoms with Crippen molar-refractivity contribution in [2.45, 2.75) is 5.41 Å². The molecule has 0 saturated heterocycles. The van der Waals surface area contributed by atoms with Crippen molar-refractivity contribution < 1.29 is 0 Å². The summed E-state index contributed by atoms with van der Waals surface area (Å²) in [6, 6.07) is 91.5. The first-order valence-electron chi connectivity index (χ1n) is 21.5. The Labute approximate surface area is 363 Å². The molecule has 10 aromatic carbocycles. The topological polar surface area (TPSA) is 3.24 Å². The summed E-state index contributed by atoms with van der Waals surface area (Å²) in [5.41, 5.74) is 23.0. The minimum absolute atomic E-state index is 0.511. The predicted octanol–water partition coefficient (Wildman–Crippen LogP) is 16.2. The van der Waals surface area contributed by atoms with E-state index in [2.05, 4.69) is 254 Å². The van der Waals surface area contributed by atoms with Crippen LogP contribution in [0.1, 0.15) is 22.3 Å². The molecule has 0 saturated carbocycles. The standard InChI is InChI=1S/C61H41N/c1-3-15-42(16-4-1)44-27-34-48(35-28-44)62(49-36-29-45(30-37-49)43-17-5-2-6-18-43)50-38-31-46(32-39-50)47-33-40-56-55-23-11-14-26-59(55)61(60(56)41-47)57-24-12-9-21-53(57)51-19-7-8-20-52(51)54-22-10-13-25-58(54)61/h1-41H. The summed E-state index contributed by atoms with van der Waals surface area (Å²) >= 11 is 0. The maximum atomic E-state index is 2.48. The Balaban J connectivity index is 0.992. The van der Waals surface area contributed by atoms with Crippen LogP contribution in [0.3, 0.4) is 0 Å². The van der Waals surface area contributed by atoms with Crippen LogP contribution in [0.2, 0.25) is 0 Å². The van der Waals surface area contributed by atoms with Crippen LogP contribution in [0.5, 0.6) is 0 Å². The lowest BCUT2D eigenvalue weighted by Crippen LogP contribution is -2.29. The third-order valence-corrected chi connectivity index (χ3v) is 13.1. The molecule has 2 aliphatic rings. The minimum Gasteiger partial charge on any atom is -0.311 e. The highest BCUT2D eigenvalue weighted by Crippen LogP contribution is 2.61. The van der Waals surface area contributed by atoms with Crippen molar-refractivity contribution in [1.82, 2.24) is 0 Å². The van der Waals surface area contributed by atoms with Gasteiger partial charge in [0.15, 0.2) is 0 Å². The third kappa shape index (κ3) is 5.63. The predicted molar refractivity (Wildman–Crippen MR) is 259 cm³/mol. The summed E-state index contributed by atoms with van der Waals surface area (Å²) in [5.74, 6) is 0. The molecule has 290 valence electrons. The second kappa shape index (κ2) is 14.6. The maximum Gasteiger partial charge on any atom is 0.0725 e. The molecule has 12 rings (SSSR count). The van der Waals surface area contributed by atoms with Crippen molar-refractivity contribution in [2.75, 3.05) is 4.90 Å². The number of nitrogens with zero attached hydrogens (tertiary/aromatic N) is 1. The number of hydrogen-bond acceptors (Lipinski definition) is 1. The zero-order chi connectivity index (χ0) is 41.0. The van der Waals surface area contributed by atoms with Gasteiger partial charge in [-0.25, -0.2) is 0 Å². The van der Waals surface area contributed by atoms with Crippen LogP contribution in [0.4, 0.5) is 17.1 Å². The zero-order valence-corrected chi connectivity index (χ0v) is 34.1. The molecule has 1 heteroatoms. The molecule has 0 bridgehead atoms. The molecule has 0 amide bonds. The van der Waals surface area contributed by atoms with E-state index in [4.69, 9.17) is 0 Å². The quantitative estimate of drug-likeness (QED) is 0.162. The second-order valence-corrected chi connectivity index (χ2v) is 16.4. The smallest absolute Gasteiger partial charge is 0.0725 e. The van der Waals surface area contributed by atoms with Crippen LogP contribution < -0.4 is 4.90 Å². The Morgan fingerprint density at radius 1 is 0.210 bits per heavy atom. The molecule has 0 N–H and O–H groups in total. The van der Waals surface area contributed by atoms with Gasteiger partial charge in [-0.3, -0.25) is 0 Å². The van der Waals surface area contributed by atoms with Gasteiger partial charge in [0.05, 0.1) is 5.41 Å². The Kier molecular flexibility index (Phi) is 8.47. The Hall–Kier alpha value is -8.00. The van der Waals surface area contributed by atoms with Crippen molar-refractivity contribution in [3.05, 3.63) is 271 Å². The lowest BCUT2D eigenvalue weighted by Gasteiger charge is -2.35. The van der Waals surface area contributed by atoms with Crippen molar-refractivity contribution >= 4 is 17.1 Å². The van der Waals surface area contributed by atoms with Gasteiger partial charge in [0.1, 0.15) is 0 Å². The van der Waals surface area contributed by atoms with Crippen molar-refractivity contribution in [2.24, 2.45) is 0 Å². The minimum atomic E-state index is -0.511. The molecule has 0 radical (unpaired) electrons. The SMILES string of the molecule is c1ccc(-c2ccc(N(c3ccc(-c4ccccc4)cc3)c3ccc(-c4ccc5c(c4)C4(c6ccccc6-c6ccccc6-c6ccccc64)c4ccccc4-5)cc3)cc2)cc1. The van der Waals surface area contributed by atoms with Crippen LogP contribution in [-0.4, -0.2) is 0 Å². The fraction of sp³-hybridized carbons (Fsp3) is 0.0164. The summed E-state index contributed by atoms with van der Waals surface area (Å²) < 4.78 is 0. The van der Waals surface area contributed by atoms with Gasteiger partial charge in [-0.05, 0) is 131 Å². The van der Waals surface area contributed by atoms with Gasteiger partial charge in [-0.1, -0.05) is 206 Å². The molecule has 0 fully saturated rings. The zero-order valence-electron chi connectivity index (χ0n) is 34.1. The number of hydrogen-bond donors (Lipinski definition) is 0. The van der Waals surface area contributed by atoms with Crippen LogP contribution in [0.15, 0.2) is 249 Å². The fourth-order valence-electron chi connectivity index (χ4n) is 10.3. The highest BCUT2D eigenvalue weighted by Gasteiger charge is 2.49. The molecule has 1 spiro atoms. The van der Waals surface area contributed by atoms with Gasteiger partial charge in [0.2, 0.25) is 0 Å². The molecule has 0 atom stereocenters. The average molecular weight is 788 g/mol. The molecule has 2 aliphatic carbocycles. The van der Waals surface area contributed by atoms with Crippen LogP contribution in [0.25, 0.3) is 66.8 Å². The number of fused-ring (bicyclic) bond motifs is 12. The van der Waals surface area contributed by atoms with Gasteiger partial charge >= 0.3 is 0 Å². The first-order valence-corrected chi connectivity index (χ1v) is 21.5. The van der Waals surface area contributed by atoms with E-state index < -0.39 is 5.41 Å². The van der Waals surface area contributed by atoms with E-state index >= 15 is 0 Å². The Morgan fingerprint density at radius 3 is 0.919 bits per heavy atom. The van der Waals surface area contributed by atoms with E-state index in [1.54, 1.807) is 0 Å². The van der Waals surface area contributed by atoms with E-state index in [0.717, 1.165) is 17.1 Å². The molecule has 0 unspecified atom stereocenters. The van der Waals surface area contributed by atoms with Gasteiger partial charge < -0.3 is 4.90 Å². The number of benzene rings is 10. The maximum absolute atomic E-state index is 2.48. The monoisotopic (exact) mass is 787 g/mol. The fourth-order valence-corrected chi connectivity index (χ4v) is 10.3. The highest BCUT2D eigenvalue weighted by molar-refractivity contribution is 5.98.